The average molecular weight is 188 g/mol. The molecule has 0 aromatic carbocycles. The van der Waals surface area contributed by atoms with E-state index in [1.807, 2.05) is 0 Å². The second kappa shape index (κ2) is 3.08. The van der Waals surface area contributed by atoms with Crippen LogP contribution in [0.15, 0.2) is 23.2 Å². The zero-order valence-corrected chi connectivity index (χ0v) is 7.35. The van der Waals surface area contributed by atoms with Gasteiger partial charge in [-0.2, -0.15) is 0 Å². The van der Waals surface area contributed by atoms with Gasteiger partial charge in [-0.25, -0.2) is 18.1 Å². The van der Waals surface area contributed by atoms with E-state index in [4.69, 9.17) is 5.73 Å². The monoisotopic (exact) mass is 188 g/mol. The van der Waals surface area contributed by atoms with Gasteiger partial charge in [-0.15, -0.1) is 0 Å². The van der Waals surface area contributed by atoms with E-state index in [2.05, 4.69) is 9.71 Å². The Bertz CT molecular complexity index is 357. The van der Waals surface area contributed by atoms with Gasteiger partial charge in [-0.3, -0.25) is 5.73 Å². The lowest BCUT2D eigenvalue weighted by Crippen LogP contribution is -2.21. The number of hydrogen-bond donors (Lipinski definition) is 2. The fraction of sp³-hybridized carbons (Fsp3) is 0.167. The minimum atomic E-state index is -3.35. The highest BCUT2D eigenvalue weighted by atomic mass is 32.2. The molecule has 0 unspecified atom stereocenters. The molecule has 0 aliphatic heterocycles. The summed E-state index contributed by atoms with van der Waals surface area (Å²) in [6.07, 6.45) is 1.33. The molecule has 0 aliphatic carbocycles. The van der Waals surface area contributed by atoms with Gasteiger partial charge in [0.1, 0.15) is 11.1 Å². The molecule has 66 valence electrons. The van der Waals surface area contributed by atoms with Crippen LogP contribution in [-0.2, 0) is 10.0 Å². The van der Waals surface area contributed by atoms with Crippen LogP contribution in [0.25, 0.3) is 0 Å². The molecule has 0 spiro atoms. The largest absolute Gasteiger partial charge is 0.287 e. The summed E-state index contributed by atoms with van der Waals surface area (Å²) in [5, 5.41) is 0. The molecule has 6 heteroatoms. The molecule has 0 amide bonds. The SMILES string of the molecule is CNS(=O)(=O)c1ccc(N)[nH+]c1. The number of anilines is 1. The Labute approximate surface area is 70.7 Å². The maximum Gasteiger partial charge on any atom is 0.270 e. The van der Waals surface area contributed by atoms with Gasteiger partial charge < -0.3 is 0 Å². The van der Waals surface area contributed by atoms with Crippen LogP contribution < -0.4 is 15.4 Å². The summed E-state index contributed by atoms with van der Waals surface area (Å²) in [5.74, 6) is 0.421. The number of nitrogens with two attached hydrogens (primary N) is 1. The number of hydrogen-bond acceptors (Lipinski definition) is 3. The van der Waals surface area contributed by atoms with Crippen LogP contribution in [0.1, 0.15) is 0 Å². The lowest BCUT2D eigenvalue weighted by Gasteiger charge is -1.98. The van der Waals surface area contributed by atoms with Crippen LogP contribution in [0.3, 0.4) is 0 Å². The molecule has 0 aliphatic rings. The van der Waals surface area contributed by atoms with Crippen molar-refractivity contribution < 1.29 is 13.4 Å². The minimum absolute atomic E-state index is 0.166. The molecule has 0 fully saturated rings. The Hall–Kier alpha value is -1.14. The lowest BCUT2D eigenvalue weighted by atomic mass is 10.5. The van der Waals surface area contributed by atoms with Crippen LogP contribution >= 0.6 is 0 Å². The van der Waals surface area contributed by atoms with E-state index in [1.165, 1.54) is 25.4 Å². The van der Waals surface area contributed by atoms with E-state index in [9.17, 15) is 8.42 Å². The van der Waals surface area contributed by atoms with Crippen molar-refractivity contribution in [3.05, 3.63) is 18.3 Å². The van der Waals surface area contributed by atoms with E-state index < -0.39 is 10.0 Å². The number of aromatic amines is 1. The summed E-state index contributed by atoms with van der Waals surface area (Å²) in [7, 11) is -2.00. The van der Waals surface area contributed by atoms with Gasteiger partial charge in [0, 0.05) is 6.07 Å². The first-order valence-corrected chi connectivity index (χ1v) is 4.75. The Balaban J connectivity index is 3.14. The van der Waals surface area contributed by atoms with Gasteiger partial charge >= 0.3 is 0 Å². The fourth-order valence-corrected chi connectivity index (χ4v) is 1.40. The van der Waals surface area contributed by atoms with Crippen molar-refractivity contribution in [3.8, 4) is 0 Å². The zero-order chi connectivity index (χ0) is 9.19. The topological polar surface area (TPSA) is 86.3 Å². The van der Waals surface area contributed by atoms with Crippen LogP contribution in [0.2, 0.25) is 0 Å². The van der Waals surface area contributed by atoms with Crippen molar-refractivity contribution in [2.75, 3.05) is 12.8 Å². The summed E-state index contributed by atoms with van der Waals surface area (Å²) in [5.41, 5.74) is 5.34. The van der Waals surface area contributed by atoms with E-state index in [1.54, 1.807) is 0 Å². The minimum Gasteiger partial charge on any atom is -0.287 e. The van der Waals surface area contributed by atoms with Crippen molar-refractivity contribution in [1.29, 1.82) is 0 Å². The number of sulfonamides is 1. The van der Waals surface area contributed by atoms with E-state index in [0.29, 0.717) is 5.82 Å². The first-order valence-electron chi connectivity index (χ1n) is 3.27. The van der Waals surface area contributed by atoms with Gasteiger partial charge in [0.25, 0.3) is 5.82 Å². The summed E-state index contributed by atoms with van der Waals surface area (Å²) in [6.45, 7) is 0. The molecule has 1 rings (SSSR count). The number of nitrogen functional groups attached to an aromatic ring is 1. The number of pyridine rings is 1. The number of rotatable bonds is 2. The number of H-pyrrole nitrogens is 1. The Kier molecular flexibility index (Phi) is 2.30. The molecular formula is C6H10N3O2S+. The summed E-state index contributed by atoms with van der Waals surface area (Å²) in [4.78, 5) is 2.76. The highest BCUT2D eigenvalue weighted by Gasteiger charge is 2.11. The third-order valence-corrected chi connectivity index (χ3v) is 2.80. The van der Waals surface area contributed by atoms with Crippen molar-refractivity contribution in [1.82, 2.24) is 4.72 Å². The smallest absolute Gasteiger partial charge is 0.270 e. The lowest BCUT2D eigenvalue weighted by molar-refractivity contribution is -0.363. The standard InChI is InChI=1S/C6H9N3O2S/c1-8-12(10,11)5-2-3-6(7)9-4-5/h2-4,8H,1H3,(H2,7,9)/p+1. The number of nitrogens with one attached hydrogen (secondary N) is 2. The molecule has 0 bridgehead atoms. The van der Waals surface area contributed by atoms with Crippen molar-refractivity contribution in [3.63, 3.8) is 0 Å². The van der Waals surface area contributed by atoms with E-state index >= 15 is 0 Å². The molecule has 0 atom stereocenters. The maximum absolute atomic E-state index is 11.1. The maximum atomic E-state index is 11.1. The number of aromatic nitrogens is 1. The highest BCUT2D eigenvalue weighted by molar-refractivity contribution is 7.89. The molecule has 0 saturated carbocycles. The first-order chi connectivity index (χ1) is 5.56. The summed E-state index contributed by atoms with van der Waals surface area (Å²) in [6, 6.07) is 2.92. The zero-order valence-electron chi connectivity index (χ0n) is 6.53. The molecular weight excluding hydrogens is 178 g/mol. The third-order valence-electron chi connectivity index (χ3n) is 1.39. The molecule has 5 nitrogen and oxygen atoms in total. The van der Waals surface area contributed by atoms with Gasteiger partial charge in [0.15, 0.2) is 0 Å². The molecule has 1 aromatic heterocycles. The molecule has 1 aromatic rings. The Morgan fingerprint density at radius 2 is 2.17 bits per heavy atom. The molecule has 0 saturated heterocycles. The van der Waals surface area contributed by atoms with Crippen LogP contribution in [-0.4, -0.2) is 15.5 Å². The molecule has 0 radical (unpaired) electrons. The molecule has 1 heterocycles. The first kappa shape index (κ1) is 8.95. The Morgan fingerprint density at radius 3 is 2.58 bits per heavy atom. The summed E-state index contributed by atoms with van der Waals surface area (Å²) < 4.78 is 24.5. The van der Waals surface area contributed by atoms with Crippen LogP contribution in [0.5, 0.6) is 0 Å². The second-order valence-electron chi connectivity index (χ2n) is 2.19. The summed E-state index contributed by atoms with van der Waals surface area (Å²) >= 11 is 0. The normalized spacial score (nSPS) is 11.4. The Morgan fingerprint density at radius 1 is 1.50 bits per heavy atom. The van der Waals surface area contributed by atoms with Crippen molar-refractivity contribution in [2.45, 2.75) is 4.90 Å². The van der Waals surface area contributed by atoms with Crippen LogP contribution in [0, 0.1) is 0 Å². The third kappa shape index (κ3) is 1.72. The molecule has 12 heavy (non-hydrogen) atoms. The quantitative estimate of drug-likeness (QED) is 0.623. The predicted octanol–water partition coefficient (Wildman–Crippen LogP) is -1.01. The van der Waals surface area contributed by atoms with Gasteiger partial charge in [0.2, 0.25) is 10.0 Å². The van der Waals surface area contributed by atoms with Gasteiger partial charge in [-0.1, -0.05) is 0 Å². The van der Waals surface area contributed by atoms with Crippen molar-refractivity contribution in [2.24, 2.45) is 0 Å². The van der Waals surface area contributed by atoms with E-state index in [-0.39, 0.29) is 4.90 Å². The predicted molar refractivity (Wildman–Crippen MR) is 43.7 cm³/mol. The van der Waals surface area contributed by atoms with Crippen LogP contribution in [0.4, 0.5) is 5.82 Å². The average Bonchev–Trinajstić information content (AvgIpc) is 2.05. The van der Waals surface area contributed by atoms with Crippen molar-refractivity contribution >= 4 is 15.8 Å². The van der Waals surface area contributed by atoms with E-state index in [0.717, 1.165) is 0 Å². The fourth-order valence-electron chi connectivity index (χ4n) is 0.708. The second-order valence-corrected chi connectivity index (χ2v) is 4.07. The van der Waals surface area contributed by atoms with Gasteiger partial charge in [0.05, 0.1) is 0 Å². The molecule has 4 N–H and O–H groups in total. The van der Waals surface area contributed by atoms with Gasteiger partial charge in [-0.05, 0) is 13.1 Å². The highest BCUT2D eigenvalue weighted by Crippen LogP contribution is 2.04.